The van der Waals surface area contributed by atoms with Gasteiger partial charge in [0.05, 0.1) is 17.2 Å². The maximum atomic E-state index is 14.4. The van der Waals surface area contributed by atoms with E-state index in [4.69, 9.17) is 21.1 Å². The summed E-state index contributed by atoms with van der Waals surface area (Å²) in [5.74, 6) is -1.29. The molecule has 0 N–H and O–H groups in total. The Balaban J connectivity index is 1.70. The van der Waals surface area contributed by atoms with Gasteiger partial charge in [0.2, 0.25) is 0 Å². The Hall–Kier alpha value is -1.36. The fourth-order valence-corrected chi connectivity index (χ4v) is 4.01. The van der Waals surface area contributed by atoms with Crippen LogP contribution in [0.25, 0.3) is 0 Å². The molecule has 0 spiro atoms. The van der Waals surface area contributed by atoms with Crippen molar-refractivity contribution in [3.05, 3.63) is 28.5 Å². The van der Waals surface area contributed by atoms with Crippen molar-refractivity contribution in [3.8, 4) is 5.75 Å². The molecule has 26 heavy (non-hydrogen) atoms. The molecule has 0 saturated heterocycles. The highest BCUT2D eigenvalue weighted by atomic mass is 35.5. The number of hydrogen-bond acceptors (Lipinski definition) is 3. The Labute approximate surface area is 158 Å². The smallest absolute Gasteiger partial charge is 0.341 e. The second-order valence-electron chi connectivity index (χ2n) is 8.70. The van der Waals surface area contributed by atoms with Crippen LogP contribution in [0.3, 0.4) is 0 Å². The topological polar surface area (TPSA) is 35.5 Å². The molecule has 6 heteroatoms. The summed E-state index contributed by atoms with van der Waals surface area (Å²) in [5.41, 5.74) is -2.00. The van der Waals surface area contributed by atoms with E-state index in [1.54, 1.807) is 20.8 Å². The van der Waals surface area contributed by atoms with E-state index in [9.17, 15) is 13.6 Å². The maximum absolute atomic E-state index is 14.4. The van der Waals surface area contributed by atoms with Crippen LogP contribution in [0.5, 0.6) is 5.75 Å². The van der Waals surface area contributed by atoms with Gasteiger partial charge in [0.25, 0.3) is 0 Å². The second kappa shape index (κ2) is 6.66. The summed E-state index contributed by atoms with van der Waals surface area (Å²) >= 11 is 6.20. The molecular formula is C20H25ClF2O3. The summed E-state index contributed by atoms with van der Waals surface area (Å²) in [6.45, 7) is 5.51. The number of alkyl halides is 1. The Morgan fingerprint density at radius 1 is 1.15 bits per heavy atom. The highest BCUT2D eigenvalue weighted by Crippen LogP contribution is 2.54. The third-order valence-electron chi connectivity index (χ3n) is 5.48. The number of benzene rings is 1. The number of ether oxygens (including phenoxy) is 2. The summed E-state index contributed by atoms with van der Waals surface area (Å²) in [5, 5.41) is 0.162. The summed E-state index contributed by atoms with van der Waals surface area (Å²) in [4.78, 5) is 12.1. The zero-order chi connectivity index (χ0) is 19.2. The number of carbonyl (C=O) groups is 1. The summed E-state index contributed by atoms with van der Waals surface area (Å²) in [6.07, 6.45) is 4.03. The molecule has 0 amide bonds. The van der Waals surface area contributed by atoms with E-state index in [0.717, 1.165) is 25.3 Å². The first-order chi connectivity index (χ1) is 12.0. The monoisotopic (exact) mass is 386 g/mol. The first-order valence-corrected chi connectivity index (χ1v) is 9.43. The molecule has 3 aliphatic rings. The van der Waals surface area contributed by atoms with Crippen molar-refractivity contribution >= 4 is 17.6 Å². The van der Waals surface area contributed by atoms with Gasteiger partial charge < -0.3 is 9.47 Å². The maximum Gasteiger partial charge on any atom is 0.341 e. The van der Waals surface area contributed by atoms with Crippen LogP contribution >= 0.6 is 11.6 Å². The number of hydrogen-bond donors (Lipinski definition) is 0. The molecule has 4 rings (SSSR count). The summed E-state index contributed by atoms with van der Waals surface area (Å²) in [7, 11) is 0. The average Bonchev–Trinajstić information content (AvgIpc) is 2.55. The molecule has 1 aromatic rings. The highest BCUT2D eigenvalue weighted by molar-refractivity contribution is 6.32. The van der Waals surface area contributed by atoms with Crippen LogP contribution in [0.2, 0.25) is 5.02 Å². The van der Waals surface area contributed by atoms with Crippen molar-refractivity contribution in [3.63, 3.8) is 0 Å². The van der Waals surface area contributed by atoms with E-state index >= 15 is 0 Å². The number of esters is 1. The Kier molecular flexibility index (Phi) is 4.97. The minimum atomic E-state index is -0.999. The van der Waals surface area contributed by atoms with Crippen LogP contribution in [-0.4, -0.2) is 23.8 Å². The highest BCUT2D eigenvalue weighted by Gasteiger charge is 2.49. The van der Waals surface area contributed by atoms with Crippen molar-refractivity contribution in [2.45, 2.75) is 70.6 Å². The Morgan fingerprint density at radius 3 is 2.27 bits per heavy atom. The molecular weight excluding hydrogens is 362 g/mol. The predicted molar refractivity (Wildman–Crippen MR) is 96.0 cm³/mol. The van der Waals surface area contributed by atoms with Crippen molar-refractivity contribution in [2.75, 3.05) is 6.61 Å². The molecule has 3 aliphatic carbocycles. The number of carbonyl (C=O) groups excluding carboxylic acids is 1. The molecule has 0 aromatic heterocycles. The van der Waals surface area contributed by atoms with E-state index in [0.29, 0.717) is 25.9 Å². The fraction of sp³-hybridized carbons (Fsp3) is 0.650. The lowest BCUT2D eigenvalue weighted by Gasteiger charge is -2.49. The minimum Gasteiger partial charge on any atom is -0.491 e. The second-order valence-corrected chi connectivity index (χ2v) is 9.11. The number of halogens is 3. The lowest BCUT2D eigenvalue weighted by Crippen LogP contribution is -2.46. The van der Waals surface area contributed by atoms with Gasteiger partial charge in [0.15, 0.2) is 0 Å². The van der Waals surface area contributed by atoms with Crippen LogP contribution in [0.1, 0.15) is 69.7 Å². The standard InChI is InChI=1S/C20H25ClF2O3/c1-18(2,3)26-17(24)13-10-14(21)16(11-15(13)22)25-12-19-4-7-20(23,8-5-19)9-6-19/h10-11H,4-9,12H2,1-3H3. The zero-order valence-electron chi connectivity index (χ0n) is 15.5. The largest absolute Gasteiger partial charge is 0.491 e. The van der Waals surface area contributed by atoms with Crippen LogP contribution in [0.15, 0.2) is 12.1 Å². The van der Waals surface area contributed by atoms with Crippen molar-refractivity contribution in [2.24, 2.45) is 5.41 Å². The predicted octanol–water partition coefficient (Wildman–Crippen LogP) is 5.88. The van der Waals surface area contributed by atoms with Crippen LogP contribution in [0.4, 0.5) is 8.78 Å². The van der Waals surface area contributed by atoms with Gasteiger partial charge in [-0.15, -0.1) is 0 Å². The molecule has 3 nitrogen and oxygen atoms in total. The lowest BCUT2D eigenvalue weighted by molar-refractivity contribution is -0.0547. The third-order valence-corrected chi connectivity index (χ3v) is 5.78. The minimum absolute atomic E-state index is 0.0581. The first kappa shape index (κ1) is 19.4. The van der Waals surface area contributed by atoms with Crippen LogP contribution in [-0.2, 0) is 4.74 Å². The first-order valence-electron chi connectivity index (χ1n) is 9.05. The fourth-order valence-electron chi connectivity index (χ4n) is 3.79. The molecule has 0 radical (unpaired) electrons. The number of fused-ring (bicyclic) bond motifs is 3. The molecule has 2 bridgehead atoms. The quantitative estimate of drug-likeness (QED) is 0.606. The van der Waals surface area contributed by atoms with E-state index in [1.807, 2.05) is 0 Å². The van der Waals surface area contributed by atoms with Crippen LogP contribution < -0.4 is 4.74 Å². The van der Waals surface area contributed by atoms with Crippen molar-refractivity contribution in [1.29, 1.82) is 0 Å². The van der Waals surface area contributed by atoms with Crippen molar-refractivity contribution < 1.29 is 23.0 Å². The van der Waals surface area contributed by atoms with Crippen molar-refractivity contribution in [1.82, 2.24) is 0 Å². The Morgan fingerprint density at radius 2 is 1.73 bits per heavy atom. The molecule has 0 atom stereocenters. The van der Waals surface area contributed by atoms with Gasteiger partial charge in [-0.1, -0.05) is 11.6 Å². The van der Waals surface area contributed by atoms with Gasteiger partial charge in [-0.25, -0.2) is 13.6 Å². The molecule has 144 valence electrons. The van der Waals surface area contributed by atoms with E-state index in [-0.39, 0.29) is 21.8 Å². The third kappa shape index (κ3) is 4.13. The summed E-state index contributed by atoms with van der Waals surface area (Å²) < 4.78 is 39.6. The molecule has 0 unspecified atom stereocenters. The Bertz CT molecular complexity index is 687. The molecule has 0 heterocycles. The van der Waals surface area contributed by atoms with Gasteiger partial charge in [-0.2, -0.15) is 0 Å². The molecule has 3 fully saturated rings. The van der Waals surface area contributed by atoms with E-state index in [1.165, 1.54) is 6.07 Å². The van der Waals surface area contributed by atoms with E-state index < -0.39 is 23.1 Å². The van der Waals surface area contributed by atoms with Gasteiger partial charge in [-0.3, -0.25) is 0 Å². The molecule has 0 aliphatic heterocycles. The molecule has 3 saturated carbocycles. The lowest BCUT2D eigenvalue weighted by atomic mass is 9.60. The SMILES string of the molecule is CC(C)(C)OC(=O)c1cc(Cl)c(OCC23CCC(F)(CC2)CC3)cc1F. The van der Waals surface area contributed by atoms with Gasteiger partial charge >= 0.3 is 5.97 Å². The summed E-state index contributed by atoms with van der Waals surface area (Å²) in [6, 6.07) is 2.37. The van der Waals surface area contributed by atoms with Gasteiger partial charge in [-0.05, 0) is 65.4 Å². The van der Waals surface area contributed by atoms with E-state index in [2.05, 4.69) is 0 Å². The van der Waals surface area contributed by atoms with Crippen LogP contribution in [0, 0.1) is 11.2 Å². The number of rotatable bonds is 4. The zero-order valence-corrected chi connectivity index (χ0v) is 16.2. The average molecular weight is 387 g/mol. The normalized spacial score (nSPS) is 28.1. The van der Waals surface area contributed by atoms with Gasteiger partial charge in [0, 0.05) is 11.5 Å². The van der Waals surface area contributed by atoms with Gasteiger partial charge in [0.1, 0.15) is 22.8 Å². The molecule has 1 aromatic carbocycles.